The highest BCUT2D eigenvalue weighted by Gasteiger charge is 2.05. The number of nitrogens with zero attached hydrogens (tertiary/aromatic N) is 2. The summed E-state index contributed by atoms with van der Waals surface area (Å²) in [6.07, 6.45) is 4.87. The molecule has 0 aromatic carbocycles. The minimum atomic E-state index is 0.327. The third kappa shape index (κ3) is 5.91. The predicted molar refractivity (Wildman–Crippen MR) is 82.9 cm³/mol. The van der Waals surface area contributed by atoms with Crippen LogP contribution in [0.3, 0.4) is 0 Å². The smallest absolute Gasteiger partial charge is 0.218 e. The fourth-order valence-electron chi connectivity index (χ4n) is 1.56. The highest BCUT2D eigenvalue weighted by atomic mass is 16.5. The molecule has 0 saturated carbocycles. The number of nitrogens with one attached hydrogen (secondary N) is 1. The number of unbranched alkanes of at least 4 members (excludes halogenated alkanes) is 1. The number of hydrogen-bond acceptors (Lipinski definition) is 3. The molecule has 0 aliphatic carbocycles. The molecule has 0 bridgehead atoms. The van der Waals surface area contributed by atoms with Gasteiger partial charge in [-0.3, -0.25) is 0 Å². The summed E-state index contributed by atoms with van der Waals surface area (Å²) in [7, 11) is 0. The van der Waals surface area contributed by atoms with E-state index in [2.05, 4.69) is 36.1 Å². The van der Waals surface area contributed by atoms with Crippen LogP contribution in [0.2, 0.25) is 0 Å². The van der Waals surface area contributed by atoms with Crippen molar-refractivity contribution in [2.24, 2.45) is 10.7 Å². The van der Waals surface area contributed by atoms with Crippen molar-refractivity contribution >= 4 is 5.96 Å². The SMILES string of the molecule is CCCCOc1ncccc1CN=C(N)NC(C)CC. The first kappa shape index (κ1) is 16.3. The van der Waals surface area contributed by atoms with Gasteiger partial charge in [-0.15, -0.1) is 0 Å². The molecule has 5 nitrogen and oxygen atoms in total. The summed E-state index contributed by atoms with van der Waals surface area (Å²) in [5, 5.41) is 3.14. The maximum absolute atomic E-state index is 5.85. The number of pyridine rings is 1. The zero-order valence-corrected chi connectivity index (χ0v) is 12.7. The third-order valence-corrected chi connectivity index (χ3v) is 3.01. The highest BCUT2D eigenvalue weighted by Crippen LogP contribution is 2.15. The van der Waals surface area contributed by atoms with Crippen molar-refractivity contribution in [3.05, 3.63) is 23.9 Å². The molecule has 5 heteroatoms. The van der Waals surface area contributed by atoms with Crippen LogP contribution >= 0.6 is 0 Å². The normalized spacial score (nSPS) is 13.1. The molecule has 1 aromatic rings. The van der Waals surface area contributed by atoms with Crippen molar-refractivity contribution in [2.75, 3.05) is 6.61 Å². The van der Waals surface area contributed by atoms with E-state index in [0.717, 1.165) is 24.8 Å². The van der Waals surface area contributed by atoms with Gasteiger partial charge in [0.15, 0.2) is 5.96 Å². The Morgan fingerprint density at radius 3 is 3.00 bits per heavy atom. The summed E-state index contributed by atoms with van der Waals surface area (Å²) >= 11 is 0. The number of hydrogen-bond donors (Lipinski definition) is 2. The average Bonchev–Trinajstić information content (AvgIpc) is 2.46. The second-order valence-electron chi connectivity index (χ2n) is 4.82. The second-order valence-corrected chi connectivity index (χ2v) is 4.82. The molecule has 3 N–H and O–H groups in total. The minimum Gasteiger partial charge on any atom is -0.477 e. The van der Waals surface area contributed by atoms with Crippen LogP contribution in [-0.4, -0.2) is 23.6 Å². The predicted octanol–water partition coefficient (Wildman–Crippen LogP) is 2.46. The maximum Gasteiger partial charge on any atom is 0.218 e. The van der Waals surface area contributed by atoms with Crippen LogP contribution in [-0.2, 0) is 6.54 Å². The van der Waals surface area contributed by atoms with Crippen LogP contribution in [0.4, 0.5) is 0 Å². The van der Waals surface area contributed by atoms with Gasteiger partial charge in [0.2, 0.25) is 5.88 Å². The van der Waals surface area contributed by atoms with Gasteiger partial charge in [-0.2, -0.15) is 0 Å². The van der Waals surface area contributed by atoms with E-state index < -0.39 is 0 Å². The lowest BCUT2D eigenvalue weighted by molar-refractivity contribution is 0.294. The first-order valence-corrected chi connectivity index (χ1v) is 7.30. The molecule has 1 atom stereocenters. The van der Waals surface area contributed by atoms with Crippen LogP contribution in [0.15, 0.2) is 23.3 Å². The molecule has 0 amide bonds. The van der Waals surface area contributed by atoms with E-state index in [1.807, 2.05) is 12.1 Å². The number of guanidine groups is 1. The van der Waals surface area contributed by atoms with Gasteiger partial charge < -0.3 is 15.8 Å². The maximum atomic E-state index is 5.85. The van der Waals surface area contributed by atoms with Crippen LogP contribution in [0.1, 0.15) is 45.6 Å². The van der Waals surface area contributed by atoms with E-state index in [9.17, 15) is 0 Å². The van der Waals surface area contributed by atoms with Gasteiger partial charge in [0.05, 0.1) is 13.2 Å². The van der Waals surface area contributed by atoms with Crippen molar-refractivity contribution in [2.45, 2.75) is 52.6 Å². The van der Waals surface area contributed by atoms with Gasteiger partial charge in [-0.1, -0.05) is 26.3 Å². The average molecular weight is 278 g/mol. The topological polar surface area (TPSA) is 72.5 Å². The van der Waals surface area contributed by atoms with Crippen LogP contribution in [0.5, 0.6) is 5.88 Å². The van der Waals surface area contributed by atoms with Gasteiger partial charge in [-0.25, -0.2) is 9.98 Å². The van der Waals surface area contributed by atoms with E-state index in [1.165, 1.54) is 0 Å². The van der Waals surface area contributed by atoms with Crippen molar-refractivity contribution in [1.82, 2.24) is 10.3 Å². The number of aromatic nitrogens is 1. The fraction of sp³-hybridized carbons (Fsp3) is 0.600. The van der Waals surface area contributed by atoms with E-state index in [4.69, 9.17) is 10.5 Å². The number of aliphatic imine (C=N–C) groups is 1. The highest BCUT2D eigenvalue weighted by molar-refractivity contribution is 5.78. The lowest BCUT2D eigenvalue weighted by atomic mass is 10.2. The molecule has 0 fully saturated rings. The molecular weight excluding hydrogens is 252 g/mol. The largest absolute Gasteiger partial charge is 0.477 e. The molecule has 1 unspecified atom stereocenters. The lowest BCUT2D eigenvalue weighted by Crippen LogP contribution is -2.38. The van der Waals surface area contributed by atoms with Crippen LogP contribution in [0.25, 0.3) is 0 Å². The van der Waals surface area contributed by atoms with Crippen molar-refractivity contribution in [1.29, 1.82) is 0 Å². The molecule has 0 aliphatic heterocycles. The molecule has 0 aliphatic rings. The Kier molecular flexibility index (Phi) is 7.47. The summed E-state index contributed by atoms with van der Waals surface area (Å²) in [5.74, 6) is 1.11. The van der Waals surface area contributed by atoms with Crippen LogP contribution < -0.4 is 15.8 Å². The molecule has 0 saturated heterocycles. The first-order valence-electron chi connectivity index (χ1n) is 7.30. The molecule has 0 radical (unpaired) electrons. The van der Waals surface area contributed by atoms with Gasteiger partial charge in [0, 0.05) is 17.8 Å². The lowest BCUT2D eigenvalue weighted by Gasteiger charge is -2.12. The fourth-order valence-corrected chi connectivity index (χ4v) is 1.56. The number of rotatable bonds is 8. The van der Waals surface area contributed by atoms with Gasteiger partial charge >= 0.3 is 0 Å². The van der Waals surface area contributed by atoms with E-state index in [-0.39, 0.29) is 0 Å². The Balaban J connectivity index is 2.60. The summed E-state index contributed by atoms with van der Waals surface area (Å²) in [6, 6.07) is 4.18. The van der Waals surface area contributed by atoms with Crippen molar-refractivity contribution in [3.8, 4) is 5.88 Å². The Bertz CT molecular complexity index is 420. The molecule has 20 heavy (non-hydrogen) atoms. The monoisotopic (exact) mass is 278 g/mol. The number of ether oxygens (including phenoxy) is 1. The molecule has 0 spiro atoms. The minimum absolute atomic E-state index is 0.327. The molecule has 1 heterocycles. The zero-order chi connectivity index (χ0) is 14.8. The molecule has 1 aromatic heterocycles. The van der Waals surface area contributed by atoms with Gasteiger partial charge in [0.25, 0.3) is 0 Å². The Labute approximate surface area is 121 Å². The molecular formula is C15H26N4O. The second kappa shape index (κ2) is 9.18. The van der Waals surface area contributed by atoms with Gasteiger partial charge in [-0.05, 0) is 25.8 Å². The van der Waals surface area contributed by atoms with Crippen LogP contribution in [0, 0.1) is 0 Å². The first-order chi connectivity index (χ1) is 9.67. The molecule has 112 valence electrons. The van der Waals surface area contributed by atoms with Crippen molar-refractivity contribution < 1.29 is 4.74 Å². The standard InChI is InChI=1S/C15H26N4O/c1-4-6-10-20-14-13(8-7-9-17-14)11-18-15(16)19-12(3)5-2/h7-9,12H,4-6,10-11H2,1-3H3,(H3,16,18,19). The quantitative estimate of drug-likeness (QED) is 0.435. The third-order valence-electron chi connectivity index (χ3n) is 3.01. The zero-order valence-electron chi connectivity index (χ0n) is 12.7. The Morgan fingerprint density at radius 1 is 1.50 bits per heavy atom. The summed E-state index contributed by atoms with van der Waals surface area (Å²) in [6.45, 7) is 7.47. The Morgan fingerprint density at radius 2 is 2.30 bits per heavy atom. The van der Waals surface area contributed by atoms with E-state index in [0.29, 0.717) is 31.0 Å². The summed E-state index contributed by atoms with van der Waals surface area (Å²) in [4.78, 5) is 8.59. The number of nitrogens with two attached hydrogens (primary N) is 1. The Hall–Kier alpha value is -1.78. The van der Waals surface area contributed by atoms with E-state index in [1.54, 1.807) is 6.20 Å². The summed E-state index contributed by atoms with van der Waals surface area (Å²) in [5.41, 5.74) is 6.80. The van der Waals surface area contributed by atoms with Crippen molar-refractivity contribution in [3.63, 3.8) is 0 Å². The van der Waals surface area contributed by atoms with E-state index >= 15 is 0 Å². The summed E-state index contributed by atoms with van der Waals surface area (Å²) < 4.78 is 5.67. The van der Waals surface area contributed by atoms with Gasteiger partial charge in [0.1, 0.15) is 0 Å². The molecule has 1 rings (SSSR count).